The van der Waals surface area contributed by atoms with Crippen molar-refractivity contribution in [3.63, 3.8) is 0 Å². The minimum absolute atomic E-state index is 0.156. The summed E-state index contributed by atoms with van der Waals surface area (Å²) in [7, 11) is 0. The monoisotopic (exact) mass is 265 g/mol. The molecule has 0 spiro atoms. The third-order valence-electron chi connectivity index (χ3n) is 3.99. The molecular weight excluding hydrogens is 241 g/mol. The molecule has 2 rings (SSSR count). The predicted octanol–water partition coefficient (Wildman–Crippen LogP) is 2.85. The van der Waals surface area contributed by atoms with Crippen LogP contribution < -0.4 is 0 Å². The van der Waals surface area contributed by atoms with Crippen LogP contribution in [0.5, 0.6) is 0 Å². The average Bonchev–Trinajstić information content (AvgIpc) is 2.45. The highest BCUT2D eigenvalue weighted by Crippen LogP contribution is 2.21. The van der Waals surface area contributed by atoms with Crippen LogP contribution in [0, 0.1) is 11.7 Å². The first kappa shape index (κ1) is 14.5. The van der Waals surface area contributed by atoms with Crippen LogP contribution in [-0.2, 0) is 6.42 Å². The molecule has 0 radical (unpaired) electrons. The fraction of sp³-hybridized carbons (Fsp3) is 0.625. The van der Waals surface area contributed by atoms with E-state index < -0.39 is 0 Å². The molecule has 19 heavy (non-hydrogen) atoms. The number of piperidine rings is 1. The van der Waals surface area contributed by atoms with Gasteiger partial charge in [-0.15, -0.1) is 0 Å². The zero-order valence-corrected chi connectivity index (χ0v) is 11.5. The Labute approximate surface area is 115 Å². The smallest absolute Gasteiger partial charge is 0.123 e. The van der Waals surface area contributed by atoms with Gasteiger partial charge in [-0.3, -0.25) is 0 Å². The van der Waals surface area contributed by atoms with Crippen LogP contribution in [0.1, 0.15) is 31.2 Å². The van der Waals surface area contributed by atoms with Crippen molar-refractivity contribution >= 4 is 0 Å². The van der Waals surface area contributed by atoms with Gasteiger partial charge in [-0.25, -0.2) is 4.39 Å². The van der Waals surface area contributed by atoms with Crippen LogP contribution in [0.15, 0.2) is 24.3 Å². The molecule has 1 fully saturated rings. The van der Waals surface area contributed by atoms with Crippen LogP contribution in [0.4, 0.5) is 4.39 Å². The SMILES string of the molecule is OCCCN1CCCC(CCc2ccc(F)cc2)C1. The molecule has 1 aromatic rings. The van der Waals surface area contributed by atoms with E-state index in [-0.39, 0.29) is 12.4 Å². The molecule has 0 aliphatic carbocycles. The van der Waals surface area contributed by atoms with Gasteiger partial charge in [0, 0.05) is 19.7 Å². The summed E-state index contributed by atoms with van der Waals surface area (Å²) in [6.45, 7) is 3.63. The lowest BCUT2D eigenvalue weighted by atomic mass is 9.91. The molecule has 0 aromatic heterocycles. The molecule has 1 aliphatic heterocycles. The minimum atomic E-state index is -0.156. The Morgan fingerprint density at radius 3 is 2.79 bits per heavy atom. The van der Waals surface area contributed by atoms with Crippen molar-refractivity contribution < 1.29 is 9.50 Å². The largest absolute Gasteiger partial charge is 0.396 e. The number of hydrogen-bond donors (Lipinski definition) is 1. The number of hydrogen-bond acceptors (Lipinski definition) is 2. The molecule has 0 saturated carbocycles. The molecule has 1 N–H and O–H groups in total. The van der Waals surface area contributed by atoms with Gasteiger partial charge in [0.15, 0.2) is 0 Å². The van der Waals surface area contributed by atoms with Crippen LogP contribution in [0.3, 0.4) is 0 Å². The quantitative estimate of drug-likeness (QED) is 0.855. The number of aliphatic hydroxyl groups excluding tert-OH is 1. The standard InChI is InChI=1S/C16H24FNO/c17-16-8-6-14(7-9-16)4-5-15-3-1-10-18(13-15)11-2-12-19/h6-9,15,19H,1-5,10-13H2. The average molecular weight is 265 g/mol. The van der Waals surface area contributed by atoms with Crippen molar-refractivity contribution in [2.24, 2.45) is 5.92 Å². The Bertz CT molecular complexity index is 366. The van der Waals surface area contributed by atoms with Crippen LogP contribution in [0.2, 0.25) is 0 Å². The van der Waals surface area contributed by atoms with Gasteiger partial charge < -0.3 is 10.0 Å². The van der Waals surface area contributed by atoms with Gasteiger partial charge in [-0.1, -0.05) is 12.1 Å². The van der Waals surface area contributed by atoms with Crippen molar-refractivity contribution in [2.75, 3.05) is 26.2 Å². The fourth-order valence-electron chi connectivity index (χ4n) is 2.91. The van der Waals surface area contributed by atoms with E-state index in [0.717, 1.165) is 31.8 Å². The maximum absolute atomic E-state index is 12.8. The van der Waals surface area contributed by atoms with Crippen molar-refractivity contribution in [2.45, 2.75) is 32.1 Å². The molecule has 1 aromatic carbocycles. The van der Waals surface area contributed by atoms with Gasteiger partial charge in [0.1, 0.15) is 5.82 Å². The van der Waals surface area contributed by atoms with Gasteiger partial charge in [-0.2, -0.15) is 0 Å². The predicted molar refractivity (Wildman–Crippen MR) is 75.6 cm³/mol. The number of halogens is 1. The van der Waals surface area contributed by atoms with E-state index in [1.807, 2.05) is 12.1 Å². The normalized spacial score (nSPS) is 20.6. The Balaban J connectivity index is 1.74. The van der Waals surface area contributed by atoms with Gasteiger partial charge in [0.2, 0.25) is 0 Å². The third-order valence-corrected chi connectivity index (χ3v) is 3.99. The Hall–Kier alpha value is -0.930. The maximum atomic E-state index is 12.8. The van der Waals surface area contributed by atoms with Crippen molar-refractivity contribution in [1.29, 1.82) is 0 Å². The summed E-state index contributed by atoms with van der Waals surface area (Å²) in [6.07, 6.45) is 5.67. The number of rotatable bonds is 6. The van der Waals surface area contributed by atoms with Crippen LogP contribution in [-0.4, -0.2) is 36.2 Å². The fourth-order valence-corrected chi connectivity index (χ4v) is 2.91. The van der Waals surface area contributed by atoms with Crippen molar-refractivity contribution in [1.82, 2.24) is 4.90 Å². The lowest BCUT2D eigenvalue weighted by Crippen LogP contribution is -2.36. The number of benzene rings is 1. The van der Waals surface area contributed by atoms with E-state index in [9.17, 15) is 4.39 Å². The number of likely N-dealkylation sites (tertiary alicyclic amines) is 1. The summed E-state index contributed by atoms with van der Waals surface area (Å²) >= 11 is 0. The van der Waals surface area contributed by atoms with Crippen LogP contribution >= 0.6 is 0 Å². The molecule has 0 amide bonds. The molecular formula is C16H24FNO. The molecule has 0 bridgehead atoms. The third kappa shape index (κ3) is 4.92. The zero-order valence-electron chi connectivity index (χ0n) is 11.5. The Morgan fingerprint density at radius 2 is 2.05 bits per heavy atom. The van der Waals surface area contributed by atoms with E-state index in [0.29, 0.717) is 0 Å². The summed E-state index contributed by atoms with van der Waals surface area (Å²) in [5.74, 6) is 0.592. The first-order valence-corrected chi connectivity index (χ1v) is 7.35. The van der Waals surface area contributed by atoms with Gasteiger partial charge in [0.25, 0.3) is 0 Å². The van der Waals surface area contributed by atoms with Gasteiger partial charge in [0.05, 0.1) is 0 Å². The Morgan fingerprint density at radius 1 is 1.26 bits per heavy atom. The molecule has 2 nitrogen and oxygen atoms in total. The van der Waals surface area contributed by atoms with Crippen molar-refractivity contribution in [3.05, 3.63) is 35.6 Å². The number of aliphatic hydroxyl groups is 1. The second-order valence-corrected chi connectivity index (χ2v) is 5.55. The number of aryl methyl sites for hydroxylation is 1. The Kier molecular flexibility index (Phi) is 5.80. The molecule has 3 heteroatoms. The summed E-state index contributed by atoms with van der Waals surface area (Å²) in [5.41, 5.74) is 1.23. The molecule has 1 heterocycles. The summed E-state index contributed by atoms with van der Waals surface area (Å²) in [4.78, 5) is 2.47. The lowest BCUT2D eigenvalue weighted by molar-refractivity contribution is 0.154. The van der Waals surface area contributed by atoms with E-state index in [1.54, 1.807) is 12.1 Å². The molecule has 106 valence electrons. The number of nitrogens with zero attached hydrogens (tertiary/aromatic N) is 1. The van der Waals surface area contributed by atoms with Gasteiger partial charge >= 0.3 is 0 Å². The molecule has 1 aliphatic rings. The first-order chi connectivity index (χ1) is 9.28. The zero-order chi connectivity index (χ0) is 13.5. The molecule has 1 atom stereocenters. The highest BCUT2D eigenvalue weighted by Gasteiger charge is 2.19. The van der Waals surface area contributed by atoms with E-state index >= 15 is 0 Å². The first-order valence-electron chi connectivity index (χ1n) is 7.35. The second-order valence-electron chi connectivity index (χ2n) is 5.55. The minimum Gasteiger partial charge on any atom is -0.396 e. The second kappa shape index (κ2) is 7.61. The molecule has 1 unspecified atom stereocenters. The highest BCUT2D eigenvalue weighted by molar-refractivity contribution is 5.16. The van der Waals surface area contributed by atoms with E-state index in [1.165, 1.54) is 31.4 Å². The van der Waals surface area contributed by atoms with Crippen molar-refractivity contribution in [3.8, 4) is 0 Å². The summed E-state index contributed by atoms with van der Waals surface area (Å²) in [5, 5.41) is 8.88. The van der Waals surface area contributed by atoms with Gasteiger partial charge in [-0.05, 0) is 62.3 Å². The highest BCUT2D eigenvalue weighted by atomic mass is 19.1. The molecule has 1 saturated heterocycles. The topological polar surface area (TPSA) is 23.5 Å². The maximum Gasteiger partial charge on any atom is 0.123 e. The lowest BCUT2D eigenvalue weighted by Gasteiger charge is -2.32. The summed E-state index contributed by atoms with van der Waals surface area (Å²) < 4.78 is 12.8. The summed E-state index contributed by atoms with van der Waals surface area (Å²) in [6, 6.07) is 6.87. The van der Waals surface area contributed by atoms with Crippen LogP contribution in [0.25, 0.3) is 0 Å². The van der Waals surface area contributed by atoms with E-state index in [2.05, 4.69) is 4.90 Å². The van der Waals surface area contributed by atoms with E-state index in [4.69, 9.17) is 5.11 Å².